The van der Waals surface area contributed by atoms with Gasteiger partial charge < -0.3 is 9.84 Å². The molecule has 0 saturated carbocycles. The molecule has 0 aliphatic carbocycles. The number of aliphatic hydroxyl groups is 1. The molecule has 0 aromatic rings. The van der Waals surface area contributed by atoms with E-state index in [0.29, 0.717) is 5.25 Å². The number of thioether (sulfide) groups is 1. The van der Waals surface area contributed by atoms with Gasteiger partial charge in [0.15, 0.2) is 0 Å². The van der Waals surface area contributed by atoms with Crippen LogP contribution in [0.5, 0.6) is 0 Å². The van der Waals surface area contributed by atoms with Crippen LogP contribution in [0.2, 0.25) is 0 Å². The highest BCUT2D eigenvalue weighted by atomic mass is 32.2. The molecule has 1 heterocycles. The largest absolute Gasteiger partial charge is 0.459 e. The molecule has 1 aliphatic rings. The molecule has 0 radical (unpaired) electrons. The van der Waals surface area contributed by atoms with Crippen molar-refractivity contribution >= 4 is 17.7 Å². The van der Waals surface area contributed by atoms with Crippen LogP contribution in [-0.2, 0) is 9.53 Å². The monoisotopic (exact) mass is 246 g/mol. The molecule has 0 aromatic carbocycles. The van der Waals surface area contributed by atoms with Crippen LogP contribution < -0.4 is 0 Å². The molecule has 0 amide bonds. The van der Waals surface area contributed by atoms with Gasteiger partial charge in [-0.25, -0.2) is 0 Å². The fraction of sp³-hybridized carbons (Fsp3) is 0.917. The minimum atomic E-state index is -0.388. The van der Waals surface area contributed by atoms with Crippen molar-refractivity contribution in [3.63, 3.8) is 0 Å². The van der Waals surface area contributed by atoms with Crippen molar-refractivity contribution in [3.8, 4) is 0 Å². The van der Waals surface area contributed by atoms with Crippen LogP contribution in [0.25, 0.3) is 0 Å². The Balaban J connectivity index is 2.32. The van der Waals surface area contributed by atoms with Gasteiger partial charge in [0.1, 0.15) is 10.9 Å². The predicted molar refractivity (Wildman–Crippen MR) is 66.6 cm³/mol. The number of aliphatic hydroxyl groups excluding tert-OH is 1. The lowest BCUT2D eigenvalue weighted by Gasteiger charge is -2.21. The van der Waals surface area contributed by atoms with Crippen molar-refractivity contribution in [2.24, 2.45) is 0 Å². The Kier molecular flexibility index (Phi) is 5.12. The van der Waals surface area contributed by atoms with Crippen LogP contribution in [0.4, 0.5) is 0 Å². The number of hydrogen-bond donors (Lipinski definition) is 1. The number of esters is 1. The Labute approximate surface area is 102 Å². The van der Waals surface area contributed by atoms with Crippen LogP contribution in [0.3, 0.4) is 0 Å². The van der Waals surface area contributed by atoms with Crippen LogP contribution in [0.15, 0.2) is 0 Å². The Hall–Kier alpha value is -0.220. The molecule has 1 aliphatic heterocycles. The number of carbonyl (C=O) groups excluding carboxylic acids is 1. The summed E-state index contributed by atoms with van der Waals surface area (Å²) in [4.78, 5) is 11.8. The molecule has 1 rings (SSSR count). The van der Waals surface area contributed by atoms with Crippen LogP contribution in [-0.4, -0.2) is 33.8 Å². The first-order valence-corrected chi connectivity index (χ1v) is 6.86. The molecule has 3 nitrogen and oxygen atoms in total. The predicted octanol–water partition coefficient (Wildman–Crippen LogP) is 2.36. The standard InChI is InChI=1S/C12H22O3S/c1-12(2,3)15-11(14)10-7-6-9(16-10)5-4-8-13/h9-10,13H,4-8H2,1-3H3/t9-,10+/m1/s1. The molecule has 1 fully saturated rings. The molecule has 0 aromatic heterocycles. The van der Waals surface area contributed by atoms with E-state index in [2.05, 4.69) is 0 Å². The molecule has 4 heteroatoms. The molecular weight excluding hydrogens is 224 g/mol. The van der Waals surface area contributed by atoms with Gasteiger partial charge in [0, 0.05) is 11.9 Å². The summed E-state index contributed by atoms with van der Waals surface area (Å²) in [6, 6.07) is 0. The van der Waals surface area contributed by atoms with E-state index < -0.39 is 0 Å². The molecule has 16 heavy (non-hydrogen) atoms. The second-order valence-electron chi connectivity index (χ2n) is 5.22. The average molecular weight is 246 g/mol. The van der Waals surface area contributed by atoms with E-state index in [9.17, 15) is 4.79 Å². The first-order valence-electron chi connectivity index (χ1n) is 5.91. The van der Waals surface area contributed by atoms with Crippen LogP contribution in [0, 0.1) is 0 Å². The summed E-state index contributed by atoms with van der Waals surface area (Å²) in [6.07, 6.45) is 3.81. The Morgan fingerprint density at radius 1 is 1.44 bits per heavy atom. The molecule has 0 spiro atoms. The van der Waals surface area contributed by atoms with E-state index in [1.165, 1.54) is 0 Å². The summed E-state index contributed by atoms with van der Waals surface area (Å²) in [5.74, 6) is -0.0796. The van der Waals surface area contributed by atoms with E-state index in [1.807, 2.05) is 20.8 Å². The van der Waals surface area contributed by atoms with Gasteiger partial charge in [-0.05, 0) is 46.5 Å². The fourth-order valence-electron chi connectivity index (χ4n) is 1.78. The quantitative estimate of drug-likeness (QED) is 0.774. The summed E-state index contributed by atoms with van der Waals surface area (Å²) < 4.78 is 5.37. The SMILES string of the molecule is CC(C)(C)OC(=O)[C@@H]1CC[C@@H](CCCO)S1. The number of ether oxygens (including phenoxy) is 1. The van der Waals surface area contributed by atoms with Crippen molar-refractivity contribution in [3.05, 3.63) is 0 Å². The zero-order chi connectivity index (χ0) is 12.2. The van der Waals surface area contributed by atoms with Crippen molar-refractivity contribution in [1.29, 1.82) is 0 Å². The molecule has 1 saturated heterocycles. The highest BCUT2D eigenvalue weighted by Crippen LogP contribution is 2.37. The van der Waals surface area contributed by atoms with Gasteiger partial charge in [-0.1, -0.05) is 0 Å². The minimum absolute atomic E-state index is 0.00270. The van der Waals surface area contributed by atoms with Gasteiger partial charge in [-0.3, -0.25) is 4.79 Å². The summed E-state index contributed by atoms with van der Waals surface area (Å²) in [7, 11) is 0. The van der Waals surface area contributed by atoms with E-state index in [1.54, 1.807) is 11.8 Å². The third-order valence-electron chi connectivity index (χ3n) is 2.46. The van der Waals surface area contributed by atoms with E-state index in [0.717, 1.165) is 25.7 Å². The lowest BCUT2D eigenvalue weighted by atomic mass is 10.1. The molecule has 0 bridgehead atoms. The Morgan fingerprint density at radius 2 is 2.12 bits per heavy atom. The van der Waals surface area contributed by atoms with Crippen molar-refractivity contribution in [1.82, 2.24) is 0 Å². The van der Waals surface area contributed by atoms with Crippen molar-refractivity contribution < 1.29 is 14.6 Å². The molecule has 94 valence electrons. The zero-order valence-electron chi connectivity index (χ0n) is 10.4. The van der Waals surface area contributed by atoms with E-state index >= 15 is 0 Å². The first-order chi connectivity index (χ1) is 7.42. The topological polar surface area (TPSA) is 46.5 Å². The van der Waals surface area contributed by atoms with Gasteiger partial charge >= 0.3 is 5.97 Å². The number of carbonyl (C=O) groups is 1. The molecule has 2 atom stereocenters. The van der Waals surface area contributed by atoms with Crippen LogP contribution in [0.1, 0.15) is 46.5 Å². The Morgan fingerprint density at radius 3 is 2.69 bits per heavy atom. The van der Waals surface area contributed by atoms with Crippen molar-refractivity contribution in [2.45, 2.75) is 62.6 Å². The summed E-state index contributed by atoms with van der Waals surface area (Å²) in [5, 5.41) is 9.27. The van der Waals surface area contributed by atoms with Gasteiger partial charge in [0.05, 0.1) is 0 Å². The molecule has 1 N–H and O–H groups in total. The molecule has 0 unspecified atom stereocenters. The maximum absolute atomic E-state index is 11.8. The highest BCUT2D eigenvalue weighted by Gasteiger charge is 2.33. The maximum Gasteiger partial charge on any atom is 0.319 e. The van der Waals surface area contributed by atoms with Crippen LogP contribution >= 0.6 is 11.8 Å². The van der Waals surface area contributed by atoms with Gasteiger partial charge in [-0.2, -0.15) is 0 Å². The Bertz CT molecular complexity index is 235. The highest BCUT2D eigenvalue weighted by molar-refractivity contribution is 8.01. The van der Waals surface area contributed by atoms with Crippen molar-refractivity contribution in [2.75, 3.05) is 6.61 Å². The summed E-state index contributed by atoms with van der Waals surface area (Å²) in [6.45, 7) is 5.93. The minimum Gasteiger partial charge on any atom is -0.459 e. The number of rotatable bonds is 4. The fourth-order valence-corrected chi connectivity index (χ4v) is 3.25. The first kappa shape index (κ1) is 13.8. The maximum atomic E-state index is 11.8. The second kappa shape index (κ2) is 5.92. The normalized spacial score (nSPS) is 25.8. The van der Waals surface area contributed by atoms with Gasteiger partial charge in [0.25, 0.3) is 0 Å². The average Bonchev–Trinajstić information content (AvgIpc) is 2.60. The summed E-state index contributed by atoms with van der Waals surface area (Å²) >= 11 is 1.71. The molecular formula is C12H22O3S. The van der Waals surface area contributed by atoms with Gasteiger partial charge in [0.2, 0.25) is 0 Å². The second-order valence-corrected chi connectivity index (χ2v) is 6.73. The summed E-state index contributed by atoms with van der Waals surface area (Å²) in [5.41, 5.74) is -0.388. The third-order valence-corrected chi connectivity index (χ3v) is 4.07. The number of hydrogen-bond acceptors (Lipinski definition) is 4. The van der Waals surface area contributed by atoms with Gasteiger partial charge in [-0.15, -0.1) is 11.8 Å². The lowest BCUT2D eigenvalue weighted by Crippen LogP contribution is -2.29. The zero-order valence-corrected chi connectivity index (χ0v) is 11.2. The van der Waals surface area contributed by atoms with E-state index in [4.69, 9.17) is 9.84 Å². The van der Waals surface area contributed by atoms with E-state index in [-0.39, 0.29) is 23.4 Å². The third kappa shape index (κ3) is 4.74. The smallest absolute Gasteiger partial charge is 0.319 e. The lowest BCUT2D eigenvalue weighted by molar-refractivity contribution is -0.154.